The quantitative estimate of drug-likeness (QED) is 0.688. The van der Waals surface area contributed by atoms with E-state index in [0.29, 0.717) is 5.56 Å². The van der Waals surface area contributed by atoms with Gasteiger partial charge in [0.15, 0.2) is 5.78 Å². The van der Waals surface area contributed by atoms with Gasteiger partial charge in [-0.15, -0.1) is 0 Å². The highest BCUT2D eigenvalue weighted by Gasteiger charge is 2.43. The van der Waals surface area contributed by atoms with Crippen LogP contribution in [0.4, 0.5) is 4.39 Å². The molecule has 1 saturated carbocycles. The Bertz CT molecular complexity index is 345. The monoisotopic (exact) mass is 194 g/mol. The predicted octanol–water partition coefficient (Wildman–Crippen LogP) is 2.04. The van der Waals surface area contributed by atoms with E-state index in [4.69, 9.17) is 4.74 Å². The number of ether oxygens (including phenoxy) is 1. The molecule has 0 radical (unpaired) electrons. The van der Waals surface area contributed by atoms with Crippen molar-refractivity contribution in [2.75, 3.05) is 7.11 Å². The fourth-order valence-corrected chi connectivity index (χ4v) is 1.54. The van der Waals surface area contributed by atoms with Crippen LogP contribution >= 0.6 is 0 Å². The van der Waals surface area contributed by atoms with Crippen LogP contribution in [0.1, 0.15) is 16.8 Å². The van der Waals surface area contributed by atoms with Gasteiger partial charge < -0.3 is 4.74 Å². The zero-order valence-corrected chi connectivity index (χ0v) is 7.87. The van der Waals surface area contributed by atoms with Gasteiger partial charge in [-0.25, -0.2) is 4.39 Å². The van der Waals surface area contributed by atoms with Gasteiger partial charge in [-0.05, 0) is 30.7 Å². The first kappa shape index (κ1) is 9.34. The van der Waals surface area contributed by atoms with Crippen molar-refractivity contribution in [3.05, 3.63) is 35.6 Å². The highest BCUT2D eigenvalue weighted by molar-refractivity contribution is 5.99. The number of rotatable bonds is 3. The van der Waals surface area contributed by atoms with Gasteiger partial charge >= 0.3 is 0 Å². The summed E-state index contributed by atoms with van der Waals surface area (Å²) in [5, 5.41) is 0. The van der Waals surface area contributed by atoms with Crippen LogP contribution in [0.25, 0.3) is 0 Å². The molecule has 0 saturated heterocycles. The van der Waals surface area contributed by atoms with Crippen LogP contribution in [0.5, 0.6) is 0 Å². The van der Waals surface area contributed by atoms with Crippen LogP contribution in [0.2, 0.25) is 0 Å². The minimum absolute atomic E-state index is 0.0227. The number of Topliss-reactive ketones (excluding diaryl/α,β-unsaturated/α-hetero) is 1. The minimum atomic E-state index is -0.319. The zero-order chi connectivity index (χ0) is 10.1. The molecule has 0 spiro atoms. The Morgan fingerprint density at radius 2 is 2.07 bits per heavy atom. The van der Waals surface area contributed by atoms with Gasteiger partial charge in [-0.2, -0.15) is 0 Å². The van der Waals surface area contributed by atoms with Crippen molar-refractivity contribution < 1.29 is 13.9 Å². The first-order chi connectivity index (χ1) is 6.72. The van der Waals surface area contributed by atoms with Crippen LogP contribution in [0.15, 0.2) is 24.3 Å². The van der Waals surface area contributed by atoms with E-state index in [1.807, 2.05) is 0 Å². The standard InChI is InChI=1S/C11H11FO2/c1-14-10-6-9(10)11(13)7-2-4-8(12)5-3-7/h2-5,9-10H,6H2,1H3. The van der Waals surface area contributed by atoms with Gasteiger partial charge in [0.05, 0.1) is 12.0 Å². The molecule has 14 heavy (non-hydrogen) atoms. The fraction of sp³-hybridized carbons (Fsp3) is 0.364. The number of hydrogen-bond donors (Lipinski definition) is 0. The second-order valence-corrected chi connectivity index (χ2v) is 3.49. The number of carbonyl (C=O) groups excluding carboxylic acids is 1. The van der Waals surface area contributed by atoms with Crippen molar-refractivity contribution in [3.63, 3.8) is 0 Å². The Morgan fingerprint density at radius 3 is 2.57 bits per heavy atom. The maximum Gasteiger partial charge on any atom is 0.168 e. The summed E-state index contributed by atoms with van der Waals surface area (Å²) in [4.78, 5) is 11.7. The van der Waals surface area contributed by atoms with Crippen molar-refractivity contribution in [2.45, 2.75) is 12.5 Å². The highest BCUT2D eigenvalue weighted by Crippen LogP contribution is 2.35. The molecule has 2 nitrogen and oxygen atoms in total. The second-order valence-electron chi connectivity index (χ2n) is 3.49. The number of hydrogen-bond acceptors (Lipinski definition) is 2. The van der Waals surface area contributed by atoms with Gasteiger partial charge in [0.2, 0.25) is 0 Å². The van der Waals surface area contributed by atoms with Gasteiger partial charge in [-0.3, -0.25) is 4.79 Å². The van der Waals surface area contributed by atoms with Gasteiger partial charge in [-0.1, -0.05) is 0 Å². The third kappa shape index (κ3) is 1.68. The van der Waals surface area contributed by atoms with Crippen molar-refractivity contribution in [2.24, 2.45) is 5.92 Å². The SMILES string of the molecule is COC1CC1C(=O)c1ccc(F)cc1. The molecular weight excluding hydrogens is 183 g/mol. The van der Waals surface area contributed by atoms with Gasteiger partial charge in [0.25, 0.3) is 0 Å². The summed E-state index contributed by atoms with van der Waals surface area (Å²) in [7, 11) is 1.60. The lowest BCUT2D eigenvalue weighted by Gasteiger charge is -1.99. The molecule has 2 unspecified atom stereocenters. The smallest absolute Gasteiger partial charge is 0.168 e. The maximum absolute atomic E-state index is 12.6. The summed E-state index contributed by atoms with van der Waals surface area (Å²) in [5.74, 6) is -0.289. The maximum atomic E-state index is 12.6. The third-order valence-electron chi connectivity index (χ3n) is 2.50. The molecular formula is C11H11FO2. The Labute approximate surface area is 81.7 Å². The number of methoxy groups -OCH3 is 1. The van der Waals surface area contributed by atoms with E-state index in [0.717, 1.165) is 6.42 Å². The number of carbonyl (C=O) groups is 1. The van der Waals surface area contributed by atoms with Crippen molar-refractivity contribution in [3.8, 4) is 0 Å². The average Bonchev–Trinajstić information content (AvgIpc) is 2.97. The minimum Gasteiger partial charge on any atom is -0.381 e. The topological polar surface area (TPSA) is 26.3 Å². The summed E-state index contributed by atoms with van der Waals surface area (Å²) in [6, 6.07) is 5.64. The predicted molar refractivity (Wildman–Crippen MR) is 49.6 cm³/mol. The van der Waals surface area contributed by atoms with E-state index in [2.05, 4.69) is 0 Å². The van der Waals surface area contributed by atoms with E-state index in [-0.39, 0.29) is 23.6 Å². The first-order valence-electron chi connectivity index (χ1n) is 4.55. The summed E-state index contributed by atoms with van der Waals surface area (Å²) in [5.41, 5.74) is 0.566. The van der Waals surface area contributed by atoms with Crippen LogP contribution in [0.3, 0.4) is 0 Å². The van der Waals surface area contributed by atoms with Crippen molar-refractivity contribution in [1.29, 1.82) is 0 Å². The molecule has 1 fully saturated rings. The molecule has 2 atom stereocenters. The van der Waals surface area contributed by atoms with Crippen LogP contribution < -0.4 is 0 Å². The third-order valence-corrected chi connectivity index (χ3v) is 2.50. The zero-order valence-electron chi connectivity index (χ0n) is 7.87. The molecule has 0 N–H and O–H groups in total. The molecule has 0 amide bonds. The number of benzene rings is 1. The van der Waals surface area contributed by atoms with Crippen LogP contribution in [-0.2, 0) is 4.74 Å². The van der Waals surface area contributed by atoms with E-state index >= 15 is 0 Å². The van der Waals surface area contributed by atoms with Gasteiger partial charge in [0, 0.05) is 12.7 Å². The molecule has 74 valence electrons. The van der Waals surface area contributed by atoms with E-state index in [1.165, 1.54) is 24.3 Å². The van der Waals surface area contributed by atoms with Crippen LogP contribution in [-0.4, -0.2) is 19.0 Å². The summed E-state index contributed by atoms with van der Waals surface area (Å²) in [6.45, 7) is 0. The Hall–Kier alpha value is -1.22. The molecule has 0 aromatic heterocycles. The van der Waals surface area contributed by atoms with Crippen molar-refractivity contribution >= 4 is 5.78 Å². The van der Waals surface area contributed by atoms with Gasteiger partial charge in [0.1, 0.15) is 5.82 Å². The molecule has 1 aromatic rings. The van der Waals surface area contributed by atoms with Crippen molar-refractivity contribution in [1.82, 2.24) is 0 Å². The second kappa shape index (κ2) is 3.50. The molecule has 1 aliphatic rings. The largest absolute Gasteiger partial charge is 0.381 e. The van der Waals surface area contributed by atoms with E-state index in [9.17, 15) is 9.18 Å². The normalized spacial score (nSPS) is 24.7. The van der Waals surface area contributed by atoms with E-state index in [1.54, 1.807) is 7.11 Å². The Balaban J connectivity index is 2.09. The Morgan fingerprint density at radius 1 is 1.43 bits per heavy atom. The first-order valence-corrected chi connectivity index (χ1v) is 4.55. The molecule has 1 aliphatic carbocycles. The summed E-state index contributed by atoms with van der Waals surface area (Å²) in [6.07, 6.45) is 0.847. The average molecular weight is 194 g/mol. The Kier molecular flexibility index (Phi) is 2.33. The molecule has 0 heterocycles. The lowest BCUT2D eigenvalue weighted by molar-refractivity contribution is 0.0918. The molecule has 3 heteroatoms. The fourth-order valence-electron chi connectivity index (χ4n) is 1.54. The number of halogens is 1. The number of ketones is 1. The summed E-state index contributed by atoms with van der Waals surface area (Å²) < 4.78 is 17.6. The molecule has 0 bridgehead atoms. The van der Waals surface area contributed by atoms with Crippen LogP contribution in [0, 0.1) is 11.7 Å². The van der Waals surface area contributed by atoms with E-state index < -0.39 is 0 Å². The molecule has 2 rings (SSSR count). The molecule has 1 aromatic carbocycles. The lowest BCUT2D eigenvalue weighted by Crippen LogP contribution is -2.06. The highest BCUT2D eigenvalue weighted by atomic mass is 19.1. The lowest BCUT2D eigenvalue weighted by atomic mass is 10.1. The molecule has 0 aliphatic heterocycles. The summed E-state index contributed by atoms with van der Waals surface area (Å²) >= 11 is 0.